The van der Waals surface area contributed by atoms with Gasteiger partial charge in [-0.3, -0.25) is 4.79 Å². The maximum atomic E-state index is 12.0. The van der Waals surface area contributed by atoms with Gasteiger partial charge in [-0.1, -0.05) is 23.4 Å². The van der Waals surface area contributed by atoms with Crippen molar-refractivity contribution < 1.29 is 13.9 Å². The van der Waals surface area contributed by atoms with Gasteiger partial charge in [-0.25, -0.2) is 0 Å². The van der Waals surface area contributed by atoms with E-state index in [1.54, 1.807) is 24.9 Å². The Morgan fingerprint density at radius 1 is 1.39 bits per heavy atom. The zero-order valence-corrected chi connectivity index (χ0v) is 14.8. The molecule has 0 bridgehead atoms. The molecule has 0 radical (unpaired) electrons. The van der Waals surface area contributed by atoms with Crippen molar-refractivity contribution in [2.45, 2.75) is 19.1 Å². The highest BCUT2D eigenvalue weighted by atomic mass is 35.5. The molecule has 0 saturated carbocycles. The molecule has 0 aliphatic rings. The third-order valence-electron chi connectivity index (χ3n) is 3.07. The van der Waals surface area contributed by atoms with Crippen LogP contribution in [0.1, 0.15) is 11.5 Å². The summed E-state index contributed by atoms with van der Waals surface area (Å²) in [5.41, 5.74) is 0.966. The van der Waals surface area contributed by atoms with Crippen molar-refractivity contribution in [3.63, 3.8) is 0 Å². The van der Waals surface area contributed by atoms with E-state index in [4.69, 9.17) is 20.8 Å². The summed E-state index contributed by atoms with van der Waals surface area (Å²) in [4.78, 5) is 13.6. The number of likely N-dealkylation sites (N-methyl/N-ethyl adjacent to an activating group) is 1. The quantitative estimate of drug-likeness (QED) is 0.711. The van der Waals surface area contributed by atoms with Gasteiger partial charge in [-0.2, -0.15) is 0 Å². The minimum Gasteiger partial charge on any atom is -0.491 e. The smallest absolute Gasteiger partial charge is 0.277 e. The van der Waals surface area contributed by atoms with Gasteiger partial charge in [0.15, 0.2) is 0 Å². The summed E-state index contributed by atoms with van der Waals surface area (Å²) >= 11 is 7.13. The topological polar surface area (TPSA) is 68.5 Å². The van der Waals surface area contributed by atoms with Crippen LogP contribution in [0.15, 0.2) is 27.8 Å². The van der Waals surface area contributed by atoms with Crippen molar-refractivity contribution in [1.82, 2.24) is 15.1 Å². The van der Waals surface area contributed by atoms with Crippen LogP contribution in [0, 0.1) is 13.8 Å². The Morgan fingerprint density at radius 2 is 2.17 bits per heavy atom. The van der Waals surface area contributed by atoms with Crippen LogP contribution in [0.25, 0.3) is 0 Å². The number of aromatic nitrogens is 2. The highest BCUT2D eigenvalue weighted by Gasteiger charge is 2.12. The fraction of sp³-hybridized carbons (Fsp3) is 0.400. The zero-order chi connectivity index (χ0) is 16.8. The Morgan fingerprint density at radius 3 is 2.83 bits per heavy atom. The molecular formula is C15H18ClN3O3S. The Hall–Kier alpha value is -1.73. The second kappa shape index (κ2) is 8.21. The number of nitrogens with zero attached hydrogens (tertiary/aromatic N) is 3. The molecule has 124 valence electrons. The molecule has 2 rings (SSSR count). The number of hydrogen-bond donors (Lipinski definition) is 0. The number of halogens is 1. The fourth-order valence-corrected chi connectivity index (χ4v) is 2.73. The number of carbonyl (C=O) groups excluding carboxylic acids is 1. The number of aryl methyl sites for hydroxylation is 2. The van der Waals surface area contributed by atoms with Crippen molar-refractivity contribution in [2.75, 3.05) is 26.0 Å². The van der Waals surface area contributed by atoms with E-state index in [0.29, 0.717) is 29.3 Å². The van der Waals surface area contributed by atoms with E-state index in [0.717, 1.165) is 11.3 Å². The second-order valence-corrected chi connectivity index (χ2v) is 6.31. The lowest BCUT2D eigenvalue weighted by Gasteiger charge is -2.17. The zero-order valence-electron chi connectivity index (χ0n) is 13.2. The summed E-state index contributed by atoms with van der Waals surface area (Å²) in [6.07, 6.45) is 0. The van der Waals surface area contributed by atoms with Gasteiger partial charge >= 0.3 is 0 Å². The number of rotatable bonds is 7. The lowest BCUT2D eigenvalue weighted by atomic mass is 10.2. The van der Waals surface area contributed by atoms with Crippen molar-refractivity contribution in [1.29, 1.82) is 0 Å². The molecule has 0 aliphatic carbocycles. The molecule has 0 fully saturated rings. The largest absolute Gasteiger partial charge is 0.491 e. The number of thioether (sulfide) groups is 1. The van der Waals surface area contributed by atoms with E-state index in [-0.39, 0.29) is 11.7 Å². The molecule has 1 heterocycles. The number of hydrogen-bond acceptors (Lipinski definition) is 6. The van der Waals surface area contributed by atoms with Crippen LogP contribution in [0.5, 0.6) is 5.75 Å². The minimum atomic E-state index is -0.0257. The summed E-state index contributed by atoms with van der Waals surface area (Å²) in [5, 5.41) is 8.63. The molecule has 0 spiro atoms. The van der Waals surface area contributed by atoms with E-state index < -0.39 is 0 Å². The first-order chi connectivity index (χ1) is 11.0. The van der Waals surface area contributed by atoms with Crippen molar-refractivity contribution in [3.8, 4) is 5.75 Å². The molecular weight excluding hydrogens is 338 g/mol. The van der Waals surface area contributed by atoms with E-state index in [1.165, 1.54) is 11.8 Å². The van der Waals surface area contributed by atoms with E-state index in [9.17, 15) is 4.79 Å². The normalized spacial score (nSPS) is 10.6. The summed E-state index contributed by atoms with van der Waals surface area (Å²) in [6.45, 7) is 4.54. The van der Waals surface area contributed by atoms with E-state index >= 15 is 0 Å². The first-order valence-corrected chi connectivity index (χ1v) is 8.38. The number of amides is 1. The maximum absolute atomic E-state index is 12.0. The molecule has 8 heteroatoms. The Labute approximate surface area is 144 Å². The van der Waals surface area contributed by atoms with Gasteiger partial charge < -0.3 is 14.1 Å². The Bertz CT molecular complexity index is 678. The highest BCUT2D eigenvalue weighted by Crippen LogP contribution is 2.21. The van der Waals surface area contributed by atoms with Crippen LogP contribution in [0.2, 0.25) is 5.02 Å². The molecule has 23 heavy (non-hydrogen) atoms. The van der Waals surface area contributed by atoms with Gasteiger partial charge in [0, 0.05) is 19.0 Å². The second-order valence-electron chi connectivity index (χ2n) is 4.95. The average Bonchev–Trinajstić information content (AvgIpc) is 2.92. The summed E-state index contributed by atoms with van der Waals surface area (Å²) < 4.78 is 10.9. The molecule has 0 atom stereocenters. The molecule has 2 aromatic rings. The molecule has 1 amide bonds. The fourth-order valence-electron chi connectivity index (χ4n) is 1.76. The van der Waals surface area contributed by atoms with Gasteiger partial charge in [0.25, 0.3) is 5.22 Å². The summed E-state index contributed by atoms with van der Waals surface area (Å²) in [7, 11) is 1.74. The lowest BCUT2D eigenvalue weighted by Crippen LogP contribution is -2.32. The standard InChI is InChI=1S/C15H18ClN3O3S/c1-10-8-12(16)4-5-13(10)21-7-6-19(3)14(20)9-23-15-18-17-11(2)22-15/h4-5,8H,6-7,9H2,1-3H3. The van der Waals surface area contributed by atoms with Crippen LogP contribution in [0.3, 0.4) is 0 Å². The van der Waals surface area contributed by atoms with Crippen LogP contribution in [-0.4, -0.2) is 47.0 Å². The molecule has 0 unspecified atom stereocenters. The predicted molar refractivity (Wildman–Crippen MR) is 89.1 cm³/mol. The van der Waals surface area contributed by atoms with Gasteiger partial charge in [0.1, 0.15) is 12.4 Å². The van der Waals surface area contributed by atoms with Crippen LogP contribution >= 0.6 is 23.4 Å². The minimum absolute atomic E-state index is 0.0257. The van der Waals surface area contributed by atoms with E-state index in [1.807, 2.05) is 19.1 Å². The molecule has 1 aromatic carbocycles. The summed E-state index contributed by atoms with van der Waals surface area (Å²) in [6, 6.07) is 5.45. The lowest BCUT2D eigenvalue weighted by molar-refractivity contribution is -0.127. The van der Waals surface area contributed by atoms with Gasteiger partial charge in [-0.05, 0) is 30.7 Å². The highest BCUT2D eigenvalue weighted by molar-refractivity contribution is 7.99. The predicted octanol–water partition coefficient (Wildman–Crippen LogP) is 2.97. The van der Waals surface area contributed by atoms with E-state index in [2.05, 4.69) is 10.2 Å². The number of ether oxygens (including phenoxy) is 1. The average molecular weight is 356 g/mol. The monoisotopic (exact) mass is 355 g/mol. The van der Waals surface area contributed by atoms with Crippen molar-refractivity contribution in [2.24, 2.45) is 0 Å². The van der Waals surface area contributed by atoms with Gasteiger partial charge in [-0.15, -0.1) is 10.2 Å². The van der Waals surface area contributed by atoms with Crippen molar-refractivity contribution in [3.05, 3.63) is 34.7 Å². The van der Waals surface area contributed by atoms with Gasteiger partial charge in [0.2, 0.25) is 11.8 Å². The molecule has 6 nitrogen and oxygen atoms in total. The molecule has 0 aliphatic heterocycles. The third-order valence-corrected chi connectivity index (χ3v) is 4.11. The van der Waals surface area contributed by atoms with Gasteiger partial charge in [0.05, 0.1) is 12.3 Å². The maximum Gasteiger partial charge on any atom is 0.277 e. The number of carbonyl (C=O) groups is 1. The first-order valence-electron chi connectivity index (χ1n) is 7.01. The first kappa shape index (κ1) is 17.6. The SMILES string of the molecule is Cc1nnc(SCC(=O)N(C)CCOc2ccc(Cl)cc2C)o1. The molecule has 0 N–H and O–H groups in total. The number of benzene rings is 1. The molecule has 0 saturated heterocycles. The Balaban J connectivity index is 1.73. The van der Waals surface area contributed by atoms with Crippen molar-refractivity contribution >= 4 is 29.3 Å². The van der Waals surface area contributed by atoms with Crippen LogP contribution in [0.4, 0.5) is 0 Å². The Kier molecular flexibility index (Phi) is 6.29. The molecule has 1 aromatic heterocycles. The van der Waals surface area contributed by atoms with Crippen LogP contribution in [-0.2, 0) is 4.79 Å². The third kappa shape index (κ3) is 5.44. The summed E-state index contributed by atoms with van der Waals surface area (Å²) in [5.74, 6) is 1.48. The van der Waals surface area contributed by atoms with Crippen LogP contribution < -0.4 is 4.74 Å².